The molecule has 0 spiro atoms. The van der Waals surface area contributed by atoms with Crippen LogP contribution in [0.15, 0.2) is 24.3 Å². The van der Waals surface area contributed by atoms with Crippen LogP contribution in [0, 0.1) is 0 Å². The van der Waals surface area contributed by atoms with Crippen LogP contribution in [-0.4, -0.2) is 37.3 Å². The first-order chi connectivity index (χ1) is 10.2. The van der Waals surface area contributed by atoms with Crippen molar-refractivity contribution >= 4 is 5.91 Å². The highest BCUT2D eigenvalue weighted by atomic mass is 16.5. The summed E-state index contributed by atoms with van der Waals surface area (Å²) >= 11 is 0. The number of nitrogens with two attached hydrogens (primary N) is 1. The molecule has 1 aliphatic rings. The minimum absolute atomic E-state index is 0.0217. The van der Waals surface area contributed by atoms with E-state index >= 15 is 0 Å². The second kappa shape index (κ2) is 7.43. The van der Waals surface area contributed by atoms with Gasteiger partial charge in [-0.1, -0.05) is 13.0 Å². The minimum Gasteiger partial charge on any atom is -0.494 e. The van der Waals surface area contributed by atoms with Gasteiger partial charge in [0, 0.05) is 18.2 Å². The van der Waals surface area contributed by atoms with Crippen molar-refractivity contribution in [3.8, 4) is 5.75 Å². The van der Waals surface area contributed by atoms with Crippen molar-refractivity contribution in [3.63, 3.8) is 0 Å². The van der Waals surface area contributed by atoms with E-state index in [9.17, 15) is 4.79 Å². The van der Waals surface area contributed by atoms with E-state index in [1.54, 1.807) is 12.1 Å². The van der Waals surface area contributed by atoms with E-state index in [0.29, 0.717) is 24.5 Å². The van der Waals surface area contributed by atoms with Gasteiger partial charge in [0.05, 0.1) is 18.8 Å². The molecule has 1 aromatic rings. The topological polar surface area (TPSA) is 73.6 Å². The molecular formula is C16H24N2O3. The van der Waals surface area contributed by atoms with E-state index in [0.717, 1.165) is 12.8 Å². The standard InChI is InChI=1S/C16H24N2O3/c1-3-8-21-12-7-5-6-11(9-12)16(19)18-15-13(17)10-14(15)20-4-2/h5-7,9,13-15H,3-4,8,10,17H2,1-2H3,(H,18,19). The number of hydrogen-bond donors (Lipinski definition) is 2. The first-order valence-electron chi connectivity index (χ1n) is 7.56. The molecule has 2 rings (SSSR count). The Morgan fingerprint density at radius 2 is 2.24 bits per heavy atom. The highest BCUT2D eigenvalue weighted by Crippen LogP contribution is 2.23. The van der Waals surface area contributed by atoms with Gasteiger partial charge in [-0.05, 0) is 38.0 Å². The number of benzene rings is 1. The molecule has 116 valence electrons. The van der Waals surface area contributed by atoms with Gasteiger partial charge in [-0.15, -0.1) is 0 Å². The van der Waals surface area contributed by atoms with Crippen LogP contribution < -0.4 is 15.8 Å². The van der Waals surface area contributed by atoms with E-state index in [-0.39, 0.29) is 24.1 Å². The predicted molar refractivity (Wildman–Crippen MR) is 81.5 cm³/mol. The maximum atomic E-state index is 12.3. The molecule has 0 radical (unpaired) electrons. The Morgan fingerprint density at radius 1 is 1.43 bits per heavy atom. The second-order valence-corrected chi connectivity index (χ2v) is 5.27. The largest absolute Gasteiger partial charge is 0.494 e. The Labute approximate surface area is 125 Å². The predicted octanol–water partition coefficient (Wildman–Crippen LogP) is 1.71. The Bertz CT molecular complexity index is 476. The molecule has 1 fully saturated rings. The lowest BCUT2D eigenvalue weighted by Crippen LogP contribution is -2.64. The third-order valence-electron chi connectivity index (χ3n) is 3.61. The smallest absolute Gasteiger partial charge is 0.251 e. The van der Waals surface area contributed by atoms with Gasteiger partial charge in [0.1, 0.15) is 5.75 Å². The molecule has 0 aliphatic heterocycles. The Morgan fingerprint density at radius 3 is 2.90 bits per heavy atom. The van der Waals surface area contributed by atoms with Gasteiger partial charge in [-0.25, -0.2) is 0 Å². The Balaban J connectivity index is 1.96. The highest BCUT2D eigenvalue weighted by molar-refractivity contribution is 5.94. The molecule has 1 saturated carbocycles. The van der Waals surface area contributed by atoms with E-state index in [2.05, 4.69) is 5.32 Å². The third kappa shape index (κ3) is 3.95. The van der Waals surface area contributed by atoms with Gasteiger partial charge in [0.15, 0.2) is 0 Å². The van der Waals surface area contributed by atoms with Crippen LogP contribution in [0.1, 0.15) is 37.0 Å². The van der Waals surface area contributed by atoms with Gasteiger partial charge in [-0.3, -0.25) is 4.79 Å². The van der Waals surface area contributed by atoms with Crippen LogP contribution >= 0.6 is 0 Å². The number of amides is 1. The Kier molecular flexibility index (Phi) is 5.59. The molecule has 3 atom stereocenters. The lowest BCUT2D eigenvalue weighted by molar-refractivity contribution is -0.0300. The maximum Gasteiger partial charge on any atom is 0.251 e. The van der Waals surface area contributed by atoms with E-state index in [4.69, 9.17) is 15.2 Å². The zero-order valence-corrected chi connectivity index (χ0v) is 12.7. The van der Waals surface area contributed by atoms with Crippen molar-refractivity contribution in [1.29, 1.82) is 0 Å². The molecule has 0 aromatic heterocycles. The van der Waals surface area contributed by atoms with Crippen molar-refractivity contribution < 1.29 is 14.3 Å². The summed E-state index contributed by atoms with van der Waals surface area (Å²) in [6.07, 6.45) is 1.75. The monoisotopic (exact) mass is 292 g/mol. The average Bonchev–Trinajstić information content (AvgIpc) is 2.50. The SMILES string of the molecule is CCCOc1cccc(C(=O)NC2C(N)CC2OCC)c1. The molecule has 0 bridgehead atoms. The zero-order valence-electron chi connectivity index (χ0n) is 12.7. The first-order valence-corrected chi connectivity index (χ1v) is 7.56. The van der Waals surface area contributed by atoms with Crippen molar-refractivity contribution in [1.82, 2.24) is 5.32 Å². The van der Waals surface area contributed by atoms with Crippen LogP contribution in [-0.2, 0) is 4.74 Å². The molecule has 3 unspecified atom stereocenters. The lowest BCUT2D eigenvalue weighted by Gasteiger charge is -2.42. The molecule has 0 saturated heterocycles. The summed E-state index contributed by atoms with van der Waals surface area (Å²) in [5.41, 5.74) is 6.53. The van der Waals surface area contributed by atoms with Crippen LogP contribution in [0.3, 0.4) is 0 Å². The fraction of sp³-hybridized carbons (Fsp3) is 0.562. The molecule has 3 N–H and O–H groups in total. The number of nitrogens with one attached hydrogen (secondary N) is 1. The van der Waals surface area contributed by atoms with Gasteiger partial charge in [0.2, 0.25) is 0 Å². The normalized spacial score (nSPS) is 24.2. The zero-order chi connectivity index (χ0) is 15.2. The fourth-order valence-electron chi connectivity index (χ4n) is 2.41. The van der Waals surface area contributed by atoms with E-state index < -0.39 is 0 Å². The molecule has 5 heteroatoms. The van der Waals surface area contributed by atoms with Gasteiger partial charge in [0.25, 0.3) is 5.91 Å². The van der Waals surface area contributed by atoms with Gasteiger partial charge >= 0.3 is 0 Å². The number of carbonyl (C=O) groups is 1. The van der Waals surface area contributed by atoms with Crippen LogP contribution in [0.2, 0.25) is 0 Å². The minimum atomic E-state index is -0.137. The van der Waals surface area contributed by atoms with Crippen LogP contribution in [0.5, 0.6) is 5.75 Å². The quantitative estimate of drug-likeness (QED) is 0.802. The molecule has 21 heavy (non-hydrogen) atoms. The van der Waals surface area contributed by atoms with Gasteiger partial charge < -0.3 is 20.5 Å². The fourth-order valence-corrected chi connectivity index (χ4v) is 2.41. The highest BCUT2D eigenvalue weighted by Gasteiger charge is 2.40. The number of rotatable bonds is 7. The summed E-state index contributed by atoms with van der Waals surface area (Å²) in [7, 11) is 0. The van der Waals surface area contributed by atoms with Gasteiger partial charge in [-0.2, -0.15) is 0 Å². The third-order valence-corrected chi connectivity index (χ3v) is 3.61. The maximum absolute atomic E-state index is 12.3. The lowest BCUT2D eigenvalue weighted by atomic mass is 9.83. The summed E-state index contributed by atoms with van der Waals surface area (Å²) in [6.45, 7) is 5.26. The molecule has 0 heterocycles. The average molecular weight is 292 g/mol. The Hall–Kier alpha value is -1.59. The molecule has 1 aliphatic carbocycles. The summed E-state index contributed by atoms with van der Waals surface area (Å²) in [4.78, 5) is 12.3. The number of ether oxygens (including phenoxy) is 2. The molecule has 5 nitrogen and oxygen atoms in total. The van der Waals surface area contributed by atoms with Crippen molar-refractivity contribution in [3.05, 3.63) is 29.8 Å². The number of hydrogen-bond acceptors (Lipinski definition) is 4. The van der Waals surface area contributed by atoms with E-state index in [1.807, 2.05) is 26.0 Å². The van der Waals surface area contributed by atoms with Crippen molar-refractivity contribution in [2.45, 2.75) is 44.9 Å². The van der Waals surface area contributed by atoms with Crippen molar-refractivity contribution in [2.24, 2.45) is 5.73 Å². The summed E-state index contributed by atoms with van der Waals surface area (Å²) in [6, 6.07) is 7.05. The summed E-state index contributed by atoms with van der Waals surface area (Å²) in [5.74, 6) is 0.575. The second-order valence-electron chi connectivity index (χ2n) is 5.27. The first kappa shape index (κ1) is 15.8. The summed E-state index contributed by atoms with van der Waals surface area (Å²) in [5, 5.41) is 2.96. The molecule has 1 aromatic carbocycles. The van der Waals surface area contributed by atoms with E-state index in [1.165, 1.54) is 0 Å². The molecular weight excluding hydrogens is 268 g/mol. The summed E-state index contributed by atoms with van der Waals surface area (Å²) < 4.78 is 11.1. The van der Waals surface area contributed by atoms with Crippen LogP contribution in [0.25, 0.3) is 0 Å². The molecule has 1 amide bonds. The van der Waals surface area contributed by atoms with Crippen molar-refractivity contribution in [2.75, 3.05) is 13.2 Å². The van der Waals surface area contributed by atoms with Crippen LogP contribution in [0.4, 0.5) is 0 Å². The number of carbonyl (C=O) groups excluding carboxylic acids is 1.